The van der Waals surface area contributed by atoms with Crippen LogP contribution in [0.4, 0.5) is 5.82 Å². The molecule has 34 heavy (non-hydrogen) atoms. The molecule has 3 aromatic rings. The Bertz CT molecular complexity index is 1180. The SMILES string of the molecule is CCCCN1C(=O)c2c(nc(Oc3ccccc3OC)n2Cc2ccc(Cl)cc2)N(C)C1(C)O. The molecular formula is C25H29ClN4O4. The summed E-state index contributed by atoms with van der Waals surface area (Å²) in [6.07, 6.45) is 1.66. The van der Waals surface area contributed by atoms with Gasteiger partial charge < -0.3 is 19.5 Å². The first-order valence-corrected chi connectivity index (χ1v) is 11.6. The maximum Gasteiger partial charge on any atom is 0.305 e. The Morgan fingerprint density at radius 1 is 1.12 bits per heavy atom. The van der Waals surface area contributed by atoms with E-state index < -0.39 is 5.85 Å². The number of carbonyl (C=O) groups is 1. The largest absolute Gasteiger partial charge is 0.493 e. The first-order chi connectivity index (χ1) is 16.3. The molecule has 0 spiro atoms. The van der Waals surface area contributed by atoms with Crippen LogP contribution in [0, 0.1) is 0 Å². The van der Waals surface area contributed by atoms with Gasteiger partial charge in [-0.25, -0.2) is 0 Å². The highest BCUT2D eigenvalue weighted by atomic mass is 35.5. The summed E-state index contributed by atoms with van der Waals surface area (Å²) in [7, 11) is 3.28. The van der Waals surface area contributed by atoms with Gasteiger partial charge in [0.25, 0.3) is 5.91 Å². The minimum atomic E-state index is -1.53. The summed E-state index contributed by atoms with van der Waals surface area (Å²) in [6.45, 7) is 4.39. The Morgan fingerprint density at radius 2 is 1.79 bits per heavy atom. The maximum atomic E-state index is 13.7. The lowest BCUT2D eigenvalue weighted by atomic mass is 10.1. The van der Waals surface area contributed by atoms with Crippen LogP contribution in [0.1, 0.15) is 42.7 Å². The summed E-state index contributed by atoms with van der Waals surface area (Å²) in [5.74, 6) is -0.475. The van der Waals surface area contributed by atoms with E-state index >= 15 is 0 Å². The third-order valence-corrected chi connectivity index (χ3v) is 6.34. The van der Waals surface area contributed by atoms with Gasteiger partial charge >= 0.3 is 6.01 Å². The molecule has 4 rings (SSSR count). The number of hydrogen-bond acceptors (Lipinski definition) is 6. The van der Waals surface area contributed by atoms with Crippen molar-refractivity contribution in [2.24, 2.45) is 0 Å². The molecule has 1 aliphatic rings. The lowest BCUT2D eigenvalue weighted by Gasteiger charge is -2.46. The molecule has 1 unspecified atom stereocenters. The number of methoxy groups -OCH3 is 1. The number of ether oxygens (including phenoxy) is 2. The number of aliphatic hydroxyl groups is 1. The van der Waals surface area contributed by atoms with Gasteiger partial charge in [-0.3, -0.25) is 14.3 Å². The summed E-state index contributed by atoms with van der Waals surface area (Å²) < 4.78 is 13.3. The molecule has 1 aromatic heterocycles. The number of unbranched alkanes of at least 4 members (excludes halogenated alkanes) is 1. The number of fused-ring (bicyclic) bond motifs is 1. The third-order valence-electron chi connectivity index (χ3n) is 6.09. The van der Waals surface area contributed by atoms with Crippen molar-refractivity contribution in [2.45, 2.75) is 39.1 Å². The standard InChI is InChI=1S/C25H29ClN4O4/c1-5-6-15-30-23(31)21-22(28(3)25(30,2)32)27-24(34-20-10-8-7-9-19(20)33-4)29(21)16-17-11-13-18(26)14-12-17/h7-14,32H,5-6,15-16H2,1-4H3. The highest BCUT2D eigenvalue weighted by Gasteiger charge is 2.47. The fourth-order valence-electron chi connectivity index (χ4n) is 4.00. The van der Waals surface area contributed by atoms with Gasteiger partial charge in [-0.15, -0.1) is 0 Å². The van der Waals surface area contributed by atoms with E-state index in [1.165, 1.54) is 4.90 Å². The van der Waals surface area contributed by atoms with Crippen molar-refractivity contribution in [3.63, 3.8) is 0 Å². The number of amides is 1. The zero-order chi connectivity index (χ0) is 24.5. The first-order valence-electron chi connectivity index (χ1n) is 11.2. The number of aromatic nitrogens is 2. The Balaban J connectivity index is 1.85. The molecule has 180 valence electrons. The van der Waals surface area contributed by atoms with Crippen LogP contribution >= 0.6 is 11.6 Å². The van der Waals surface area contributed by atoms with Crippen LogP contribution in [0.2, 0.25) is 5.02 Å². The van der Waals surface area contributed by atoms with Crippen molar-refractivity contribution in [1.82, 2.24) is 14.5 Å². The molecule has 8 nitrogen and oxygen atoms in total. The van der Waals surface area contributed by atoms with Crippen molar-refractivity contribution in [2.75, 3.05) is 25.6 Å². The van der Waals surface area contributed by atoms with E-state index in [-0.39, 0.29) is 11.9 Å². The zero-order valence-electron chi connectivity index (χ0n) is 19.8. The summed E-state index contributed by atoms with van der Waals surface area (Å²) in [5.41, 5.74) is 1.27. The fraction of sp³-hybridized carbons (Fsp3) is 0.360. The average molecular weight is 485 g/mol. The Kier molecular flexibility index (Phi) is 6.72. The maximum absolute atomic E-state index is 13.7. The molecule has 0 fully saturated rings. The van der Waals surface area contributed by atoms with E-state index in [1.54, 1.807) is 54.8 Å². The van der Waals surface area contributed by atoms with Crippen molar-refractivity contribution in [1.29, 1.82) is 0 Å². The first kappa shape index (κ1) is 23.9. The van der Waals surface area contributed by atoms with Crippen LogP contribution in [0.25, 0.3) is 0 Å². The normalized spacial score (nSPS) is 17.6. The highest BCUT2D eigenvalue weighted by Crippen LogP contribution is 2.39. The molecule has 0 aliphatic carbocycles. The van der Waals surface area contributed by atoms with Gasteiger partial charge in [-0.2, -0.15) is 4.98 Å². The van der Waals surface area contributed by atoms with Gasteiger partial charge in [0, 0.05) is 25.5 Å². The predicted molar refractivity (Wildman–Crippen MR) is 131 cm³/mol. The number of halogens is 1. The van der Waals surface area contributed by atoms with Gasteiger partial charge in [-0.1, -0.05) is 49.2 Å². The van der Waals surface area contributed by atoms with Crippen LogP contribution < -0.4 is 14.4 Å². The second kappa shape index (κ2) is 9.56. The monoisotopic (exact) mass is 484 g/mol. The zero-order valence-corrected chi connectivity index (χ0v) is 20.5. The number of carbonyl (C=O) groups excluding carboxylic acids is 1. The Hall–Kier alpha value is -3.23. The number of nitrogens with zero attached hydrogens (tertiary/aromatic N) is 4. The summed E-state index contributed by atoms with van der Waals surface area (Å²) in [5, 5.41) is 11.9. The smallest absolute Gasteiger partial charge is 0.305 e. The Morgan fingerprint density at radius 3 is 2.44 bits per heavy atom. The average Bonchev–Trinajstić information content (AvgIpc) is 3.17. The van der Waals surface area contributed by atoms with Gasteiger partial charge in [0.1, 0.15) is 0 Å². The summed E-state index contributed by atoms with van der Waals surface area (Å²) in [4.78, 5) is 21.5. The molecule has 1 atom stereocenters. The van der Waals surface area contributed by atoms with Crippen LogP contribution in [0.15, 0.2) is 48.5 Å². The van der Waals surface area contributed by atoms with E-state index in [0.717, 1.165) is 18.4 Å². The number of anilines is 1. The molecule has 9 heteroatoms. The Labute approximate surface area is 204 Å². The quantitative estimate of drug-likeness (QED) is 0.497. The number of benzene rings is 2. The predicted octanol–water partition coefficient (Wildman–Crippen LogP) is 4.74. The molecule has 0 radical (unpaired) electrons. The van der Waals surface area contributed by atoms with E-state index in [0.29, 0.717) is 41.1 Å². The molecule has 2 heterocycles. The van der Waals surface area contributed by atoms with Crippen LogP contribution in [0.3, 0.4) is 0 Å². The molecule has 1 N–H and O–H groups in total. The summed E-state index contributed by atoms with van der Waals surface area (Å²) in [6, 6.07) is 14.8. The molecule has 1 aliphatic heterocycles. The highest BCUT2D eigenvalue weighted by molar-refractivity contribution is 6.30. The van der Waals surface area contributed by atoms with Crippen LogP contribution in [0.5, 0.6) is 17.5 Å². The topological polar surface area (TPSA) is 80.1 Å². The van der Waals surface area contributed by atoms with E-state index in [4.69, 9.17) is 21.1 Å². The van der Waals surface area contributed by atoms with Crippen molar-refractivity contribution in [3.8, 4) is 17.5 Å². The lowest BCUT2D eigenvalue weighted by molar-refractivity contribution is -0.0765. The van der Waals surface area contributed by atoms with Gasteiger partial charge in [0.2, 0.25) is 5.85 Å². The van der Waals surface area contributed by atoms with E-state index in [2.05, 4.69) is 4.98 Å². The molecule has 0 bridgehead atoms. The summed E-state index contributed by atoms with van der Waals surface area (Å²) >= 11 is 6.07. The van der Waals surface area contributed by atoms with Gasteiger partial charge in [0.05, 0.1) is 13.7 Å². The minimum Gasteiger partial charge on any atom is -0.493 e. The molecule has 0 saturated heterocycles. The number of rotatable bonds is 8. The van der Waals surface area contributed by atoms with Crippen molar-refractivity contribution >= 4 is 23.3 Å². The molecule has 1 amide bonds. The second-order valence-electron chi connectivity index (χ2n) is 8.37. The third kappa shape index (κ3) is 4.31. The van der Waals surface area contributed by atoms with Crippen LogP contribution in [-0.2, 0) is 6.54 Å². The minimum absolute atomic E-state index is 0.220. The fourth-order valence-corrected chi connectivity index (χ4v) is 4.12. The number of imidazole rings is 1. The lowest BCUT2D eigenvalue weighted by Crippen LogP contribution is -2.63. The van der Waals surface area contributed by atoms with Crippen molar-refractivity contribution < 1.29 is 19.4 Å². The van der Waals surface area contributed by atoms with E-state index in [1.807, 2.05) is 31.2 Å². The van der Waals surface area contributed by atoms with Crippen LogP contribution in [-0.4, -0.2) is 52.0 Å². The molecular weight excluding hydrogens is 456 g/mol. The van der Waals surface area contributed by atoms with Crippen molar-refractivity contribution in [3.05, 3.63) is 64.8 Å². The molecule has 2 aromatic carbocycles. The van der Waals surface area contributed by atoms with E-state index in [9.17, 15) is 9.90 Å². The number of para-hydroxylation sites is 2. The molecule has 0 saturated carbocycles. The second-order valence-corrected chi connectivity index (χ2v) is 8.81. The number of hydrogen-bond donors (Lipinski definition) is 1. The van der Waals surface area contributed by atoms with Gasteiger partial charge in [0.15, 0.2) is 23.0 Å². The van der Waals surface area contributed by atoms with Gasteiger partial charge in [-0.05, 0) is 36.2 Å².